The van der Waals surface area contributed by atoms with Crippen molar-refractivity contribution in [3.8, 4) is 0 Å². The fraction of sp³-hybridized carbons (Fsp3) is 0.938. The van der Waals surface area contributed by atoms with Gasteiger partial charge in [-0.25, -0.2) is 0 Å². The van der Waals surface area contributed by atoms with Crippen LogP contribution in [0.3, 0.4) is 0 Å². The molecule has 2 fully saturated rings. The number of carboxylic acids is 1. The van der Waals surface area contributed by atoms with Gasteiger partial charge in [-0.3, -0.25) is 4.79 Å². The molecule has 1 unspecified atom stereocenters. The van der Waals surface area contributed by atoms with Gasteiger partial charge in [0.15, 0.2) is 0 Å². The van der Waals surface area contributed by atoms with Gasteiger partial charge < -0.3 is 14.9 Å². The van der Waals surface area contributed by atoms with Crippen molar-refractivity contribution in [2.24, 2.45) is 5.92 Å². The Labute approximate surface area is 123 Å². The zero-order valence-corrected chi connectivity index (χ0v) is 12.9. The molecule has 20 heavy (non-hydrogen) atoms. The summed E-state index contributed by atoms with van der Waals surface area (Å²) in [6.07, 6.45) is 9.02. The van der Waals surface area contributed by atoms with E-state index >= 15 is 0 Å². The second-order valence-electron chi connectivity index (χ2n) is 6.64. The summed E-state index contributed by atoms with van der Waals surface area (Å²) >= 11 is 0. The average Bonchev–Trinajstić information content (AvgIpc) is 2.45. The van der Waals surface area contributed by atoms with Gasteiger partial charge in [0, 0.05) is 12.5 Å². The van der Waals surface area contributed by atoms with E-state index in [2.05, 4.69) is 16.8 Å². The lowest BCUT2D eigenvalue weighted by molar-refractivity contribution is -0.137. The summed E-state index contributed by atoms with van der Waals surface area (Å²) in [4.78, 5) is 15.7. The molecule has 4 heteroatoms. The molecule has 1 N–H and O–H groups in total. The molecular formula is C16H30N2O2. The monoisotopic (exact) mass is 282 g/mol. The lowest BCUT2D eigenvalue weighted by Gasteiger charge is -2.36. The maximum absolute atomic E-state index is 10.6. The molecule has 0 aromatic carbocycles. The second kappa shape index (κ2) is 7.99. The molecule has 0 aromatic rings. The molecule has 116 valence electrons. The third-order valence-electron chi connectivity index (χ3n) is 5.17. The first-order chi connectivity index (χ1) is 9.65. The van der Waals surface area contributed by atoms with Gasteiger partial charge in [0.2, 0.25) is 0 Å². The van der Waals surface area contributed by atoms with Crippen LogP contribution in [0.4, 0.5) is 0 Å². The van der Waals surface area contributed by atoms with Gasteiger partial charge in [0.05, 0.1) is 0 Å². The summed E-state index contributed by atoms with van der Waals surface area (Å²) in [6.45, 7) is 4.82. The first kappa shape index (κ1) is 15.8. The van der Waals surface area contributed by atoms with Crippen LogP contribution < -0.4 is 0 Å². The lowest BCUT2D eigenvalue weighted by atomic mass is 9.92. The van der Waals surface area contributed by atoms with E-state index in [1.807, 2.05) is 0 Å². The number of nitrogens with zero attached hydrogens (tertiary/aromatic N) is 2. The quantitative estimate of drug-likeness (QED) is 0.812. The predicted molar refractivity (Wildman–Crippen MR) is 80.9 cm³/mol. The third kappa shape index (κ3) is 5.06. The third-order valence-corrected chi connectivity index (χ3v) is 5.17. The Morgan fingerprint density at radius 3 is 2.50 bits per heavy atom. The molecule has 2 saturated heterocycles. The highest BCUT2D eigenvalue weighted by molar-refractivity contribution is 5.66. The Hall–Kier alpha value is -0.610. The van der Waals surface area contributed by atoms with Crippen LogP contribution in [0, 0.1) is 5.92 Å². The van der Waals surface area contributed by atoms with Crippen LogP contribution in [0.25, 0.3) is 0 Å². The standard InChI is InChI=1S/C16H30N2O2/c1-17-10-3-2-4-15(17)9-13-18-11-7-14(8-12-18)5-6-16(19)20/h14-15H,2-13H2,1H3,(H,19,20). The maximum Gasteiger partial charge on any atom is 0.303 e. The molecule has 0 spiro atoms. The van der Waals surface area contributed by atoms with Crippen LogP contribution in [-0.2, 0) is 4.79 Å². The van der Waals surface area contributed by atoms with E-state index in [1.165, 1.54) is 64.7 Å². The molecule has 2 aliphatic heterocycles. The Morgan fingerprint density at radius 1 is 1.10 bits per heavy atom. The summed E-state index contributed by atoms with van der Waals surface area (Å²) < 4.78 is 0. The zero-order valence-electron chi connectivity index (χ0n) is 12.9. The number of hydrogen-bond acceptors (Lipinski definition) is 3. The highest BCUT2D eigenvalue weighted by atomic mass is 16.4. The van der Waals surface area contributed by atoms with Crippen LogP contribution >= 0.6 is 0 Å². The van der Waals surface area contributed by atoms with E-state index in [-0.39, 0.29) is 0 Å². The van der Waals surface area contributed by atoms with E-state index in [4.69, 9.17) is 5.11 Å². The van der Waals surface area contributed by atoms with Crippen LogP contribution in [-0.4, -0.2) is 60.1 Å². The van der Waals surface area contributed by atoms with E-state index in [0.717, 1.165) is 12.5 Å². The number of likely N-dealkylation sites (tertiary alicyclic amines) is 2. The van der Waals surface area contributed by atoms with Crippen molar-refractivity contribution in [1.29, 1.82) is 0 Å². The van der Waals surface area contributed by atoms with Crippen molar-refractivity contribution < 1.29 is 9.90 Å². The molecule has 2 rings (SSSR count). The Kier molecular flexibility index (Phi) is 6.30. The van der Waals surface area contributed by atoms with Gasteiger partial charge in [-0.15, -0.1) is 0 Å². The number of rotatable bonds is 6. The van der Waals surface area contributed by atoms with Crippen molar-refractivity contribution in [3.05, 3.63) is 0 Å². The highest BCUT2D eigenvalue weighted by Crippen LogP contribution is 2.23. The number of carboxylic acid groups (broad SMARTS) is 1. The maximum atomic E-state index is 10.6. The molecule has 2 heterocycles. The normalized spacial score (nSPS) is 26.8. The Morgan fingerprint density at radius 2 is 1.85 bits per heavy atom. The Balaban J connectivity index is 1.60. The highest BCUT2D eigenvalue weighted by Gasteiger charge is 2.22. The van der Waals surface area contributed by atoms with Crippen molar-refractivity contribution in [1.82, 2.24) is 9.80 Å². The van der Waals surface area contributed by atoms with Crippen LogP contribution in [0.5, 0.6) is 0 Å². The number of hydrogen-bond donors (Lipinski definition) is 1. The smallest absolute Gasteiger partial charge is 0.303 e. The van der Waals surface area contributed by atoms with E-state index in [1.54, 1.807) is 0 Å². The molecule has 0 aliphatic carbocycles. The van der Waals surface area contributed by atoms with E-state index < -0.39 is 5.97 Å². The topological polar surface area (TPSA) is 43.8 Å². The first-order valence-corrected chi connectivity index (χ1v) is 8.29. The molecule has 0 radical (unpaired) electrons. The van der Waals surface area contributed by atoms with Crippen molar-refractivity contribution >= 4 is 5.97 Å². The number of carbonyl (C=O) groups is 1. The predicted octanol–water partition coefficient (Wildman–Crippen LogP) is 2.44. The molecular weight excluding hydrogens is 252 g/mol. The van der Waals surface area contributed by atoms with Crippen molar-refractivity contribution in [2.45, 2.75) is 57.4 Å². The first-order valence-electron chi connectivity index (χ1n) is 8.29. The molecule has 0 amide bonds. The number of aliphatic carboxylic acids is 1. The average molecular weight is 282 g/mol. The fourth-order valence-electron chi connectivity index (χ4n) is 3.67. The summed E-state index contributed by atoms with van der Waals surface area (Å²) in [5.74, 6) is -0.00697. The van der Waals surface area contributed by atoms with Gasteiger partial charge in [-0.2, -0.15) is 0 Å². The van der Waals surface area contributed by atoms with Crippen LogP contribution in [0.2, 0.25) is 0 Å². The second-order valence-corrected chi connectivity index (χ2v) is 6.64. The van der Waals surface area contributed by atoms with Crippen molar-refractivity contribution in [3.63, 3.8) is 0 Å². The summed E-state index contributed by atoms with van der Waals surface area (Å²) in [5.41, 5.74) is 0. The minimum Gasteiger partial charge on any atom is -0.481 e. The minimum atomic E-state index is -0.646. The van der Waals surface area contributed by atoms with Gasteiger partial charge in [0.1, 0.15) is 0 Å². The van der Waals surface area contributed by atoms with E-state index in [9.17, 15) is 4.79 Å². The lowest BCUT2D eigenvalue weighted by Crippen LogP contribution is -2.41. The van der Waals surface area contributed by atoms with Crippen molar-refractivity contribution in [2.75, 3.05) is 33.2 Å². The van der Waals surface area contributed by atoms with Gasteiger partial charge >= 0.3 is 5.97 Å². The molecule has 0 aromatic heterocycles. The SMILES string of the molecule is CN1CCCCC1CCN1CCC(CCC(=O)O)CC1. The molecule has 1 atom stereocenters. The Bertz CT molecular complexity index is 301. The van der Waals surface area contributed by atoms with Crippen LogP contribution in [0.15, 0.2) is 0 Å². The molecule has 2 aliphatic rings. The largest absolute Gasteiger partial charge is 0.481 e. The number of piperidine rings is 2. The van der Waals surface area contributed by atoms with Gasteiger partial charge in [-0.1, -0.05) is 6.42 Å². The molecule has 0 bridgehead atoms. The summed E-state index contributed by atoms with van der Waals surface area (Å²) in [6, 6.07) is 0.786. The summed E-state index contributed by atoms with van der Waals surface area (Å²) in [5, 5.41) is 8.73. The minimum absolute atomic E-state index is 0.345. The van der Waals surface area contributed by atoms with E-state index in [0.29, 0.717) is 12.3 Å². The van der Waals surface area contributed by atoms with Gasteiger partial charge in [-0.05, 0) is 77.7 Å². The fourth-order valence-corrected chi connectivity index (χ4v) is 3.67. The van der Waals surface area contributed by atoms with Gasteiger partial charge in [0.25, 0.3) is 0 Å². The molecule has 0 saturated carbocycles. The molecule has 4 nitrogen and oxygen atoms in total. The zero-order chi connectivity index (χ0) is 14.4. The van der Waals surface area contributed by atoms with Crippen LogP contribution in [0.1, 0.15) is 51.4 Å². The summed E-state index contributed by atoms with van der Waals surface area (Å²) in [7, 11) is 2.27.